The summed E-state index contributed by atoms with van der Waals surface area (Å²) in [5, 5.41) is 10.5. The van der Waals surface area contributed by atoms with E-state index in [4.69, 9.17) is 15.9 Å². The van der Waals surface area contributed by atoms with Crippen LogP contribution in [0.2, 0.25) is 0 Å². The Hall–Kier alpha value is -1.85. The van der Waals surface area contributed by atoms with Crippen molar-refractivity contribution in [1.82, 2.24) is 5.32 Å². The minimum atomic E-state index is -0.174. The van der Waals surface area contributed by atoms with Crippen LogP contribution in [-0.2, 0) is 4.74 Å². The number of nitrogens with zero attached hydrogens (tertiary/aromatic N) is 2. The van der Waals surface area contributed by atoms with Crippen molar-refractivity contribution < 1.29 is 4.74 Å². The lowest BCUT2D eigenvalue weighted by Gasteiger charge is -2.39. The van der Waals surface area contributed by atoms with E-state index in [9.17, 15) is 0 Å². The van der Waals surface area contributed by atoms with Gasteiger partial charge in [0.15, 0.2) is 5.96 Å². The lowest BCUT2D eigenvalue weighted by molar-refractivity contribution is 0.0219. The molecule has 0 aromatic heterocycles. The predicted molar refractivity (Wildman–Crippen MR) is 92.8 cm³/mol. The second-order valence-corrected chi connectivity index (χ2v) is 5.77. The van der Waals surface area contributed by atoms with Crippen molar-refractivity contribution in [3.63, 3.8) is 0 Å². The molecule has 0 aromatic carbocycles. The van der Waals surface area contributed by atoms with E-state index in [1.54, 1.807) is 19.5 Å². The van der Waals surface area contributed by atoms with Crippen LogP contribution < -0.4 is 11.1 Å². The van der Waals surface area contributed by atoms with E-state index >= 15 is 0 Å². The van der Waals surface area contributed by atoms with Gasteiger partial charge in [-0.05, 0) is 31.1 Å². The maximum Gasteiger partial charge on any atom is 0.186 e. The molecular weight excluding hydrogens is 278 g/mol. The lowest BCUT2D eigenvalue weighted by Crippen LogP contribution is -2.54. The Balaban J connectivity index is 3.16. The summed E-state index contributed by atoms with van der Waals surface area (Å²) in [6, 6.07) is -0.293. The van der Waals surface area contributed by atoms with Gasteiger partial charge < -0.3 is 15.8 Å². The normalized spacial score (nSPS) is 28.2. The van der Waals surface area contributed by atoms with Crippen molar-refractivity contribution in [2.45, 2.75) is 52.3 Å². The number of hydrogen-bond acceptors (Lipinski definition) is 4. The molecule has 124 valence electrons. The lowest BCUT2D eigenvalue weighted by atomic mass is 9.82. The monoisotopic (exact) mass is 307 g/mol. The van der Waals surface area contributed by atoms with Crippen molar-refractivity contribution in [2.24, 2.45) is 27.6 Å². The molecule has 0 aliphatic carbocycles. The molecule has 4 N–H and O–H groups in total. The zero-order valence-electron chi connectivity index (χ0n) is 14.2. The van der Waals surface area contributed by atoms with Crippen LogP contribution in [0, 0.1) is 17.2 Å². The standard InChI is InChI=1S/C16H29N5O/c1-6-10(3)11(4)15-14(20-7-2)13(21-16(17)18)8-12(22-15)9-19-5/h7-11,13-15H,6H2,1-5H3,(H4,17,18,21)/b19-9+,20-7+/t10-,11-,13+,14-,15+/m1/s1. The van der Waals surface area contributed by atoms with Crippen LogP contribution in [-0.4, -0.2) is 43.6 Å². The molecule has 0 spiro atoms. The number of nitrogens with one attached hydrogen (secondary N) is 2. The summed E-state index contributed by atoms with van der Waals surface area (Å²) in [4.78, 5) is 8.61. The van der Waals surface area contributed by atoms with Crippen molar-refractivity contribution in [2.75, 3.05) is 7.05 Å². The van der Waals surface area contributed by atoms with Crippen molar-refractivity contribution in [3.8, 4) is 0 Å². The third-order valence-corrected chi connectivity index (χ3v) is 4.28. The number of rotatable bonds is 6. The minimum absolute atomic E-state index is 0.0674. The fourth-order valence-corrected chi connectivity index (χ4v) is 2.72. The van der Waals surface area contributed by atoms with E-state index in [1.807, 2.05) is 13.0 Å². The molecule has 0 saturated carbocycles. The summed E-state index contributed by atoms with van der Waals surface area (Å²) >= 11 is 0. The zero-order valence-corrected chi connectivity index (χ0v) is 14.2. The fraction of sp³-hybridized carbons (Fsp3) is 0.688. The quantitative estimate of drug-likeness (QED) is 0.517. The first kappa shape index (κ1) is 18.2. The molecule has 0 saturated heterocycles. The molecule has 6 heteroatoms. The highest BCUT2D eigenvalue weighted by Gasteiger charge is 2.39. The number of guanidine groups is 1. The van der Waals surface area contributed by atoms with Crippen LogP contribution in [0.25, 0.3) is 0 Å². The first-order valence-corrected chi connectivity index (χ1v) is 7.83. The molecule has 1 aliphatic rings. The van der Waals surface area contributed by atoms with Crippen molar-refractivity contribution in [1.29, 1.82) is 5.41 Å². The predicted octanol–water partition coefficient (Wildman–Crippen LogP) is 1.96. The summed E-state index contributed by atoms with van der Waals surface area (Å²) < 4.78 is 6.14. The molecule has 0 aromatic rings. The molecule has 0 bridgehead atoms. The maximum absolute atomic E-state index is 7.53. The molecule has 1 heterocycles. The van der Waals surface area contributed by atoms with Gasteiger partial charge >= 0.3 is 0 Å². The number of aliphatic imine (C=N–C) groups is 2. The molecule has 0 fully saturated rings. The highest BCUT2D eigenvalue weighted by atomic mass is 16.5. The van der Waals surface area contributed by atoms with E-state index in [0.29, 0.717) is 17.6 Å². The minimum Gasteiger partial charge on any atom is -0.486 e. The largest absolute Gasteiger partial charge is 0.486 e. The Morgan fingerprint density at radius 3 is 2.73 bits per heavy atom. The fourth-order valence-electron chi connectivity index (χ4n) is 2.72. The highest BCUT2D eigenvalue weighted by Crippen LogP contribution is 2.30. The Kier molecular flexibility index (Phi) is 7.08. The molecule has 1 rings (SSSR count). The highest BCUT2D eigenvalue weighted by molar-refractivity contribution is 5.78. The Morgan fingerprint density at radius 1 is 1.55 bits per heavy atom. The van der Waals surface area contributed by atoms with Crippen molar-refractivity contribution in [3.05, 3.63) is 11.8 Å². The molecule has 22 heavy (non-hydrogen) atoms. The average molecular weight is 307 g/mol. The van der Waals surface area contributed by atoms with Gasteiger partial charge in [0.05, 0.1) is 12.3 Å². The summed E-state index contributed by atoms with van der Waals surface area (Å²) in [6.07, 6.45) is 6.37. The van der Waals surface area contributed by atoms with Gasteiger partial charge in [0.1, 0.15) is 17.9 Å². The van der Waals surface area contributed by atoms with Gasteiger partial charge in [0.2, 0.25) is 0 Å². The van der Waals surface area contributed by atoms with Crippen LogP contribution in [0.15, 0.2) is 21.8 Å². The van der Waals surface area contributed by atoms with Gasteiger partial charge in [-0.3, -0.25) is 15.4 Å². The van der Waals surface area contributed by atoms with E-state index in [2.05, 4.69) is 36.1 Å². The Labute approximate surface area is 133 Å². The number of ether oxygens (including phenoxy) is 1. The topological polar surface area (TPSA) is 95.9 Å². The third-order valence-electron chi connectivity index (χ3n) is 4.28. The number of hydrogen-bond donors (Lipinski definition) is 3. The molecular formula is C16H29N5O. The second-order valence-electron chi connectivity index (χ2n) is 5.77. The number of allylic oxidation sites excluding steroid dienone is 1. The van der Waals surface area contributed by atoms with Crippen molar-refractivity contribution >= 4 is 18.4 Å². The van der Waals surface area contributed by atoms with E-state index < -0.39 is 0 Å². The summed E-state index contributed by atoms with van der Waals surface area (Å²) in [6.45, 7) is 8.48. The maximum atomic E-state index is 7.53. The van der Waals surface area contributed by atoms with Crippen LogP contribution >= 0.6 is 0 Å². The first-order chi connectivity index (χ1) is 10.4. The van der Waals surface area contributed by atoms with Gasteiger partial charge in [-0.25, -0.2) is 0 Å². The molecule has 6 nitrogen and oxygen atoms in total. The molecule has 1 aliphatic heterocycles. The third kappa shape index (κ3) is 4.58. The SMILES string of the molecule is C/C=N/[C@H]1[C@H]([C@H](C)[C@H](C)CC)OC(/C=N/C)=C[C@@H]1NC(=N)N. The number of nitrogens with two attached hydrogens (primary N) is 1. The second kappa shape index (κ2) is 8.56. The van der Waals surface area contributed by atoms with E-state index in [0.717, 1.165) is 6.42 Å². The van der Waals surface area contributed by atoms with Crippen LogP contribution in [0.3, 0.4) is 0 Å². The summed E-state index contributed by atoms with van der Waals surface area (Å²) in [5.41, 5.74) is 5.53. The van der Waals surface area contributed by atoms with Gasteiger partial charge in [0, 0.05) is 7.05 Å². The van der Waals surface area contributed by atoms with Crippen LogP contribution in [0.4, 0.5) is 0 Å². The van der Waals surface area contributed by atoms with Gasteiger partial charge in [0.25, 0.3) is 0 Å². The Bertz CT molecular complexity index is 457. The molecule has 5 atom stereocenters. The molecule has 0 unspecified atom stereocenters. The van der Waals surface area contributed by atoms with Gasteiger partial charge in [-0.1, -0.05) is 27.2 Å². The van der Waals surface area contributed by atoms with Gasteiger partial charge in [-0.15, -0.1) is 0 Å². The van der Waals surface area contributed by atoms with E-state index in [1.165, 1.54) is 0 Å². The smallest absolute Gasteiger partial charge is 0.186 e. The molecule has 0 radical (unpaired) electrons. The van der Waals surface area contributed by atoms with Crippen LogP contribution in [0.1, 0.15) is 34.1 Å². The van der Waals surface area contributed by atoms with E-state index in [-0.39, 0.29) is 24.1 Å². The first-order valence-electron chi connectivity index (χ1n) is 7.83. The summed E-state index contributed by atoms with van der Waals surface area (Å²) in [7, 11) is 1.71. The van der Waals surface area contributed by atoms with Gasteiger partial charge in [-0.2, -0.15) is 0 Å². The summed E-state index contributed by atoms with van der Waals surface area (Å²) in [5.74, 6) is 1.46. The zero-order chi connectivity index (χ0) is 16.7. The average Bonchev–Trinajstić information content (AvgIpc) is 2.47. The molecule has 0 amide bonds. The van der Waals surface area contributed by atoms with Crippen LogP contribution in [0.5, 0.6) is 0 Å². The Morgan fingerprint density at radius 2 is 2.23 bits per heavy atom.